The fourth-order valence-corrected chi connectivity index (χ4v) is 3.62. The number of aromatic nitrogens is 3. The van der Waals surface area contributed by atoms with Gasteiger partial charge in [-0.25, -0.2) is 9.59 Å². The molecule has 17 nitrogen and oxygen atoms in total. The molecule has 1 saturated heterocycles. The van der Waals surface area contributed by atoms with E-state index in [-0.39, 0.29) is 0 Å². The van der Waals surface area contributed by atoms with Crippen molar-refractivity contribution in [1.29, 1.82) is 5.26 Å². The number of carbonyl (C=O) groups excluding carboxylic acids is 6. The molecule has 1 aliphatic heterocycles. The molecule has 0 spiro atoms. The maximum atomic E-state index is 12.7. The normalized spacial score (nSPS) is 24.2. The first-order valence-corrected chi connectivity index (χ1v) is 10.7. The molecule has 17 heteroatoms. The number of carbonyl (C=O) groups is 6. The molecule has 2 heterocycles. The SMILES string of the molecule is COC(=O)c1nnn([C@]2(C#N)O[C@H](COC(C)=O)[C@H](OC(C)=O)[C@H](OC(C)=O)[C@H]2OC(C)=O)c1C(=O)OC. The van der Waals surface area contributed by atoms with Gasteiger partial charge in [0.2, 0.25) is 11.8 Å². The Morgan fingerprint density at radius 1 is 0.895 bits per heavy atom. The van der Waals surface area contributed by atoms with Gasteiger partial charge in [-0.3, -0.25) is 19.2 Å². The first kappa shape index (κ1) is 29.6. The summed E-state index contributed by atoms with van der Waals surface area (Å²) in [6.07, 6.45) is -6.96. The molecule has 1 aliphatic rings. The van der Waals surface area contributed by atoms with E-state index < -0.39 is 84.0 Å². The maximum Gasteiger partial charge on any atom is 0.361 e. The number of nitriles is 1. The van der Waals surface area contributed by atoms with E-state index in [4.69, 9.17) is 28.4 Å². The molecule has 206 valence electrons. The Morgan fingerprint density at radius 2 is 1.45 bits per heavy atom. The van der Waals surface area contributed by atoms with E-state index >= 15 is 0 Å². The molecule has 0 bridgehead atoms. The first-order valence-electron chi connectivity index (χ1n) is 10.7. The summed E-state index contributed by atoms with van der Waals surface area (Å²) in [5.41, 5.74) is -4.21. The fraction of sp³-hybridized carbons (Fsp3) is 0.571. The minimum absolute atomic E-state index is 0.472. The fourth-order valence-electron chi connectivity index (χ4n) is 3.62. The lowest BCUT2D eigenvalue weighted by Gasteiger charge is -2.47. The van der Waals surface area contributed by atoms with Crippen LogP contribution in [0.25, 0.3) is 0 Å². The lowest BCUT2D eigenvalue weighted by molar-refractivity contribution is -0.297. The van der Waals surface area contributed by atoms with Gasteiger partial charge >= 0.3 is 35.8 Å². The zero-order valence-electron chi connectivity index (χ0n) is 21.1. The average molecular weight is 540 g/mol. The highest BCUT2D eigenvalue weighted by atomic mass is 16.7. The van der Waals surface area contributed by atoms with Crippen LogP contribution in [0.5, 0.6) is 0 Å². The van der Waals surface area contributed by atoms with Gasteiger partial charge in [0.1, 0.15) is 18.8 Å². The number of hydrogen-bond acceptors (Lipinski definition) is 16. The summed E-state index contributed by atoms with van der Waals surface area (Å²) in [7, 11) is 1.93. The van der Waals surface area contributed by atoms with Gasteiger partial charge in [-0.15, -0.1) is 5.10 Å². The molecule has 38 heavy (non-hydrogen) atoms. The van der Waals surface area contributed by atoms with Crippen molar-refractivity contribution in [1.82, 2.24) is 15.0 Å². The van der Waals surface area contributed by atoms with Gasteiger partial charge in [-0.2, -0.15) is 9.94 Å². The van der Waals surface area contributed by atoms with Crippen molar-refractivity contribution in [3.05, 3.63) is 11.4 Å². The number of hydrogen-bond donors (Lipinski definition) is 0. The van der Waals surface area contributed by atoms with E-state index in [1.54, 1.807) is 6.07 Å². The van der Waals surface area contributed by atoms with Crippen LogP contribution in [-0.4, -0.2) is 96.1 Å². The molecule has 0 amide bonds. The van der Waals surface area contributed by atoms with Gasteiger partial charge in [0.25, 0.3) is 5.72 Å². The number of rotatable bonds is 8. The lowest BCUT2D eigenvalue weighted by Crippen LogP contribution is -2.68. The summed E-state index contributed by atoms with van der Waals surface area (Å²) < 4.78 is 36.5. The first-order chi connectivity index (χ1) is 17.8. The molecular weight excluding hydrogens is 516 g/mol. The van der Waals surface area contributed by atoms with Crippen LogP contribution in [0.2, 0.25) is 0 Å². The van der Waals surface area contributed by atoms with Crippen LogP contribution in [0.1, 0.15) is 48.7 Å². The molecule has 0 radical (unpaired) electrons. The van der Waals surface area contributed by atoms with Gasteiger partial charge < -0.3 is 33.2 Å². The largest absolute Gasteiger partial charge is 0.464 e. The molecule has 0 aromatic carbocycles. The van der Waals surface area contributed by atoms with Crippen molar-refractivity contribution in [3.8, 4) is 6.07 Å². The quantitative estimate of drug-likeness (QED) is 0.278. The van der Waals surface area contributed by atoms with Gasteiger partial charge in [0.05, 0.1) is 14.2 Å². The van der Waals surface area contributed by atoms with Gasteiger partial charge in [0, 0.05) is 27.7 Å². The smallest absolute Gasteiger partial charge is 0.361 e. The summed E-state index contributed by atoms with van der Waals surface area (Å²) in [6, 6.07) is 1.70. The van der Waals surface area contributed by atoms with Crippen LogP contribution in [0.15, 0.2) is 0 Å². The summed E-state index contributed by atoms with van der Waals surface area (Å²) >= 11 is 0. The molecule has 0 N–H and O–H groups in total. The van der Waals surface area contributed by atoms with E-state index in [1.165, 1.54) is 0 Å². The molecule has 1 fully saturated rings. The molecule has 0 saturated carbocycles. The molecule has 5 atom stereocenters. The lowest BCUT2D eigenvalue weighted by atomic mass is 9.90. The Morgan fingerprint density at radius 3 is 1.92 bits per heavy atom. The summed E-state index contributed by atoms with van der Waals surface area (Å²) in [5, 5.41) is 17.7. The molecule has 0 unspecified atom stereocenters. The highest BCUT2D eigenvalue weighted by molar-refractivity contribution is 6.00. The Bertz CT molecular complexity index is 1170. The molecule has 0 aliphatic carbocycles. The topological polar surface area (TPSA) is 222 Å². The van der Waals surface area contributed by atoms with Crippen LogP contribution in [-0.2, 0) is 58.1 Å². The van der Waals surface area contributed by atoms with E-state index in [0.717, 1.165) is 41.9 Å². The Hall–Kier alpha value is -4.59. The van der Waals surface area contributed by atoms with Crippen molar-refractivity contribution in [3.63, 3.8) is 0 Å². The summed E-state index contributed by atoms with van der Waals surface area (Å²) in [4.78, 5) is 72.6. The van der Waals surface area contributed by atoms with Crippen molar-refractivity contribution in [2.24, 2.45) is 0 Å². The van der Waals surface area contributed by atoms with Crippen LogP contribution >= 0.6 is 0 Å². The third-order valence-electron chi connectivity index (χ3n) is 4.96. The Labute approximate surface area is 214 Å². The zero-order chi connectivity index (χ0) is 28.8. The van der Waals surface area contributed by atoms with Crippen LogP contribution < -0.4 is 0 Å². The van der Waals surface area contributed by atoms with Gasteiger partial charge in [-0.1, -0.05) is 5.21 Å². The second kappa shape index (κ2) is 12.1. The Kier molecular flexibility index (Phi) is 9.44. The minimum Gasteiger partial charge on any atom is -0.464 e. The van der Waals surface area contributed by atoms with Gasteiger partial charge in [0.15, 0.2) is 17.9 Å². The average Bonchev–Trinajstić information content (AvgIpc) is 3.29. The molecule has 1 aromatic rings. The highest BCUT2D eigenvalue weighted by Gasteiger charge is 2.63. The van der Waals surface area contributed by atoms with E-state index in [9.17, 15) is 34.0 Å². The third-order valence-corrected chi connectivity index (χ3v) is 4.96. The number of methoxy groups -OCH3 is 2. The molecule has 1 aromatic heterocycles. The predicted molar refractivity (Wildman–Crippen MR) is 114 cm³/mol. The summed E-state index contributed by atoms with van der Waals surface area (Å²) in [5.74, 6) is -6.09. The molecular formula is C21H24N4O13. The van der Waals surface area contributed by atoms with Crippen molar-refractivity contribution in [2.45, 2.75) is 57.8 Å². The van der Waals surface area contributed by atoms with Crippen LogP contribution in [0, 0.1) is 11.3 Å². The maximum absolute atomic E-state index is 12.7. The monoisotopic (exact) mass is 540 g/mol. The second-order valence-corrected chi connectivity index (χ2v) is 7.63. The summed E-state index contributed by atoms with van der Waals surface area (Å²) in [6.45, 7) is 3.32. The van der Waals surface area contributed by atoms with Crippen molar-refractivity contribution >= 4 is 35.8 Å². The predicted octanol–water partition coefficient (Wildman–Crippen LogP) is -1.22. The third kappa shape index (κ3) is 6.03. The molecule has 2 rings (SSSR count). The minimum atomic E-state index is -2.74. The van der Waals surface area contributed by atoms with Crippen molar-refractivity contribution in [2.75, 3.05) is 20.8 Å². The second-order valence-electron chi connectivity index (χ2n) is 7.63. The Balaban J connectivity index is 2.93. The van der Waals surface area contributed by atoms with Gasteiger partial charge in [-0.05, 0) is 0 Å². The standard InChI is InChI=1S/C21H24N4O13/c1-9(26)34-7-13-16(35-10(2)27)17(36-11(3)28)18(37-12(4)29)21(8-22,38-13)25-15(20(31)33-6)14(23-24-25)19(30)32-5/h13,16-18H,7H2,1-6H3/t13-,16+,17+,18-,21-/m1/s1. The van der Waals surface area contributed by atoms with E-state index in [1.807, 2.05) is 0 Å². The van der Waals surface area contributed by atoms with E-state index in [0.29, 0.717) is 4.68 Å². The number of esters is 6. The highest BCUT2D eigenvalue weighted by Crippen LogP contribution is 2.40. The zero-order valence-corrected chi connectivity index (χ0v) is 21.1. The number of nitrogens with zero attached hydrogens (tertiary/aromatic N) is 4. The van der Waals surface area contributed by atoms with Crippen molar-refractivity contribution < 1.29 is 61.9 Å². The van der Waals surface area contributed by atoms with Crippen LogP contribution in [0.4, 0.5) is 0 Å². The van der Waals surface area contributed by atoms with E-state index in [2.05, 4.69) is 15.0 Å². The number of ether oxygens (including phenoxy) is 7. The van der Waals surface area contributed by atoms with Crippen LogP contribution in [0.3, 0.4) is 0 Å².